The first-order valence-corrected chi connectivity index (χ1v) is 6.33. The van der Waals surface area contributed by atoms with E-state index >= 15 is 0 Å². The molecule has 1 heterocycles. The number of aromatic amines is 1. The topological polar surface area (TPSA) is 78.7 Å². The van der Waals surface area contributed by atoms with Crippen molar-refractivity contribution in [1.29, 1.82) is 5.26 Å². The molecule has 1 aromatic carbocycles. The van der Waals surface area contributed by atoms with Gasteiger partial charge in [-0.25, -0.2) is 4.79 Å². The summed E-state index contributed by atoms with van der Waals surface area (Å²) in [4.78, 5) is 25.2. The first-order valence-electron chi connectivity index (χ1n) is 5.16. The molecule has 19 heavy (non-hydrogen) atoms. The van der Waals surface area contributed by atoms with Crippen LogP contribution in [0.1, 0.15) is 11.1 Å². The Morgan fingerprint density at radius 3 is 2.74 bits per heavy atom. The molecule has 0 radical (unpaired) electrons. The number of benzene rings is 1. The average molecular weight is 341 g/mol. The summed E-state index contributed by atoms with van der Waals surface area (Å²) in [5.74, 6) is 0. The van der Waals surface area contributed by atoms with Crippen molar-refractivity contribution in [3.8, 4) is 11.8 Å². The number of rotatable bonds is 1. The molecule has 96 valence electrons. The summed E-state index contributed by atoms with van der Waals surface area (Å²) in [6.07, 6.45) is 1.19. The monoisotopic (exact) mass is 339 g/mol. The maximum atomic E-state index is 11.8. The molecule has 1 N–H and O–H groups in total. The second kappa shape index (κ2) is 5.03. The molecule has 0 amide bonds. The molecule has 2 rings (SSSR count). The maximum absolute atomic E-state index is 11.8. The fourth-order valence-corrected chi connectivity index (χ4v) is 2.36. The lowest BCUT2D eigenvalue weighted by molar-refractivity contribution is 0.885. The van der Waals surface area contributed by atoms with E-state index in [1.54, 1.807) is 18.2 Å². The Morgan fingerprint density at radius 1 is 1.42 bits per heavy atom. The highest BCUT2D eigenvalue weighted by Crippen LogP contribution is 2.27. The fourth-order valence-electron chi connectivity index (χ4n) is 1.55. The van der Waals surface area contributed by atoms with Crippen molar-refractivity contribution in [2.45, 2.75) is 6.92 Å². The van der Waals surface area contributed by atoms with Gasteiger partial charge in [-0.3, -0.25) is 14.3 Å². The number of nitrogens with one attached hydrogen (secondary N) is 1. The van der Waals surface area contributed by atoms with Gasteiger partial charge in [0.05, 0.1) is 5.69 Å². The Morgan fingerprint density at radius 2 is 2.11 bits per heavy atom. The molecule has 0 bridgehead atoms. The van der Waals surface area contributed by atoms with Crippen molar-refractivity contribution in [2.24, 2.45) is 0 Å². The summed E-state index contributed by atoms with van der Waals surface area (Å²) in [6, 6.07) is 5.06. The van der Waals surface area contributed by atoms with Gasteiger partial charge in [0, 0.05) is 15.7 Å². The van der Waals surface area contributed by atoms with Crippen molar-refractivity contribution < 1.29 is 0 Å². The summed E-state index contributed by atoms with van der Waals surface area (Å²) >= 11 is 9.34. The van der Waals surface area contributed by atoms with Gasteiger partial charge in [-0.2, -0.15) is 5.26 Å². The third-order valence-corrected chi connectivity index (χ3v) is 3.59. The smallest absolute Gasteiger partial charge is 0.273 e. The number of H-pyrrole nitrogens is 1. The lowest BCUT2D eigenvalue weighted by atomic mass is 10.2. The van der Waals surface area contributed by atoms with Gasteiger partial charge < -0.3 is 0 Å². The predicted octanol–water partition coefficient (Wildman–Crippen LogP) is 2.12. The highest BCUT2D eigenvalue weighted by molar-refractivity contribution is 9.10. The Bertz CT molecular complexity index is 817. The Labute approximate surface area is 121 Å². The van der Waals surface area contributed by atoms with Gasteiger partial charge in [0.2, 0.25) is 0 Å². The van der Waals surface area contributed by atoms with Gasteiger partial charge in [0.1, 0.15) is 11.6 Å². The van der Waals surface area contributed by atoms with Crippen LogP contribution < -0.4 is 11.2 Å². The number of halogens is 2. The van der Waals surface area contributed by atoms with Gasteiger partial charge in [-0.15, -0.1) is 0 Å². The van der Waals surface area contributed by atoms with Crippen LogP contribution in [0.5, 0.6) is 0 Å². The SMILES string of the molecule is Cc1cc(Br)c(-n2cc(C#N)c(=O)[nH]c2=O)cc1Cl. The molecular weight excluding hydrogens is 334 g/mol. The third-order valence-electron chi connectivity index (χ3n) is 2.55. The number of aromatic nitrogens is 2. The summed E-state index contributed by atoms with van der Waals surface area (Å²) in [7, 11) is 0. The minimum Gasteiger partial charge on any atom is -0.273 e. The van der Waals surface area contributed by atoms with Crippen LogP contribution in [0.15, 0.2) is 32.4 Å². The molecular formula is C12H7BrClN3O2. The predicted molar refractivity (Wildman–Crippen MR) is 74.8 cm³/mol. The lowest BCUT2D eigenvalue weighted by Gasteiger charge is -2.09. The molecule has 0 unspecified atom stereocenters. The molecule has 0 aliphatic heterocycles. The van der Waals surface area contributed by atoms with Crippen LogP contribution in [0.2, 0.25) is 5.02 Å². The van der Waals surface area contributed by atoms with E-state index < -0.39 is 11.2 Å². The van der Waals surface area contributed by atoms with E-state index in [2.05, 4.69) is 20.9 Å². The molecule has 7 heteroatoms. The van der Waals surface area contributed by atoms with Crippen LogP contribution in [-0.4, -0.2) is 9.55 Å². The number of nitriles is 1. The lowest BCUT2D eigenvalue weighted by Crippen LogP contribution is -2.30. The molecule has 0 saturated heterocycles. The molecule has 0 saturated carbocycles. The quantitative estimate of drug-likeness (QED) is 0.863. The fraction of sp³-hybridized carbons (Fsp3) is 0.0833. The minimum atomic E-state index is -0.710. The largest absolute Gasteiger partial charge is 0.333 e. The molecule has 2 aromatic rings. The van der Waals surface area contributed by atoms with Crippen LogP contribution in [0, 0.1) is 18.3 Å². The maximum Gasteiger partial charge on any atom is 0.333 e. The highest BCUT2D eigenvalue weighted by atomic mass is 79.9. The van der Waals surface area contributed by atoms with E-state index in [0.717, 1.165) is 10.1 Å². The van der Waals surface area contributed by atoms with E-state index in [4.69, 9.17) is 16.9 Å². The molecule has 0 aliphatic carbocycles. The van der Waals surface area contributed by atoms with Crippen LogP contribution in [0.25, 0.3) is 5.69 Å². The van der Waals surface area contributed by atoms with E-state index in [0.29, 0.717) is 15.2 Å². The summed E-state index contributed by atoms with van der Waals surface area (Å²) in [6.45, 7) is 1.83. The first kappa shape index (κ1) is 13.6. The van der Waals surface area contributed by atoms with E-state index in [-0.39, 0.29) is 5.56 Å². The minimum absolute atomic E-state index is 0.150. The summed E-state index contributed by atoms with van der Waals surface area (Å²) in [5, 5.41) is 9.31. The van der Waals surface area contributed by atoms with Crippen molar-refractivity contribution >= 4 is 27.5 Å². The van der Waals surface area contributed by atoms with Crippen molar-refractivity contribution in [3.63, 3.8) is 0 Å². The van der Waals surface area contributed by atoms with Crippen LogP contribution in [0.3, 0.4) is 0 Å². The Hall–Kier alpha value is -1.84. The van der Waals surface area contributed by atoms with Crippen molar-refractivity contribution in [3.05, 3.63) is 59.8 Å². The molecule has 5 nitrogen and oxygen atoms in total. The van der Waals surface area contributed by atoms with E-state index in [9.17, 15) is 9.59 Å². The zero-order valence-corrected chi connectivity index (χ0v) is 12.0. The van der Waals surface area contributed by atoms with Gasteiger partial charge in [-0.1, -0.05) is 11.6 Å². The normalized spacial score (nSPS) is 10.2. The van der Waals surface area contributed by atoms with Gasteiger partial charge in [0.15, 0.2) is 0 Å². The second-order valence-electron chi connectivity index (χ2n) is 3.84. The summed E-state index contributed by atoms with van der Waals surface area (Å²) < 4.78 is 1.79. The zero-order chi connectivity index (χ0) is 14.2. The van der Waals surface area contributed by atoms with Crippen LogP contribution >= 0.6 is 27.5 Å². The Balaban J connectivity index is 2.80. The van der Waals surface area contributed by atoms with E-state index in [1.165, 1.54) is 6.20 Å². The zero-order valence-electron chi connectivity index (χ0n) is 9.70. The van der Waals surface area contributed by atoms with Gasteiger partial charge in [-0.05, 0) is 40.5 Å². The average Bonchev–Trinajstić information content (AvgIpc) is 2.35. The number of hydrogen-bond acceptors (Lipinski definition) is 3. The summed E-state index contributed by atoms with van der Waals surface area (Å²) in [5.41, 5.74) is -0.200. The van der Waals surface area contributed by atoms with E-state index in [1.807, 2.05) is 6.92 Å². The van der Waals surface area contributed by atoms with Gasteiger partial charge >= 0.3 is 5.69 Å². The third kappa shape index (κ3) is 2.48. The number of hydrogen-bond donors (Lipinski definition) is 1. The molecule has 0 fully saturated rings. The molecule has 0 atom stereocenters. The number of nitrogens with zero attached hydrogens (tertiary/aromatic N) is 2. The van der Waals surface area contributed by atoms with Crippen LogP contribution in [0.4, 0.5) is 0 Å². The molecule has 0 spiro atoms. The molecule has 1 aromatic heterocycles. The standard InChI is InChI=1S/C12H7BrClN3O2/c1-6-2-8(13)10(3-9(6)14)17-5-7(4-15)11(18)16-12(17)19/h2-3,5H,1H3,(H,16,18,19). The van der Waals surface area contributed by atoms with Crippen molar-refractivity contribution in [1.82, 2.24) is 9.55 Å². The van der Waals surface area contributed by atoms with Gasteiger partial charge in [0.25, 0.3) is 5.56 Å². The molecule has 0 aliphatic rings. The van der Waals surface area contributed by atoms with Crippen LogP contribution in [-0.2, 0) is 0 Å². The highest BCUT2D eigenvalue weighted by Gasteiger charge is 2.10. The first-order chi connectivity index (χ1) is 8.93. The van der Waals surface area contributed by atoms with Crippen molar-refractivity contribution in [2.75, 3.05) is 0 Å². The number of aryl methyl sites for hydroxylation is 1. The second-order valence-corrected chi connectivity index (χ2v) is 5.10. The Kier molecular flexibility index (Phi) is 3.60.